The third kappa shape index (κ3) is 3.30. The van der Waals surface area contributed by atoms with Gasteiger partial charge in [-0.05, 0) is 25.8 Å². The first-order valence-corrected chi connectivity index (χ1v) is 10.7. The molecule has 2 aromatic heterocycles. The lowest BCUT2D eigenvalue weighted by molar-refractivity contribution is -0.677. The van der Waals surface area contributed by atoms with Crippen LogP contribution in [0.1, 0.15) is 29.3 Å². The maximum absolute atomic E-state index is 13.5. The van der Waals surface area contributed by atoms with E-state index < -0.39 is 6.04 Å². The number of carbonyl (C=O) groups excluding carboxylic acids is 2. The van der Waals surface area contributed by atoms with Gasteiger partial charge in [0.15, 0.2) is 0 Å². The van der Waals surface area contributed by atoms with E-state index in [1.54, 1.807) is 19.6 Å². The largest absolute Gasteiger partial charge is 0.401 e. The molecule has 3 aromatic rings. The Morgan fingerprint density at radius 3 is 2.75 bits per heavy atom. The number of amidine groups is 1. The lowest BCUT2D eigenvalue weighted by atomic mass is 10.1. The standard InChI is InChI=1S/C23H26N7O2/c1-16-6-4-7-18(12-16)14-30-21(31)19-20(26(3)23(30)32)25-22-28(17(2)13-29(19)22)10-5-9-27-11-8-24-15-27/h4,6-8,11-13,15,19H,5,9-10,14H2,1-3H3/q+1. The molecule has 4 heterocycles. The number of amides is 3. The van der Waals surface area contributed by atoms with Crippen molar-refractivity contribution in [2.45, 2.75) is 45.9 Å². The smallest absolute Gasteiger partial charge is 0.337 e. The average Bonchev–Trinajstić information content (AvgIpc) is 3.47. The summed E-state index contributed by atoms with van der Waals surface area (Å²) in [5.41, 5.74) is 3.05. The fourth-order valence-electron chi connectivity index (χ4n) is 4.48. The number of imide groups is 1. The maximum atomic E-state index is 13.5. The number of benzene rings is 1. The highest BCUT2D eigenvalue weighted by Gasteiger charge is 2.53. The normalized spacial score (nSPS) is 17.6. The summed E-state index contributed by atoms with van der Waals surface area (Å²) in [6.45, 7) is 5.86. The van der Waals surface area contributed by atoms with Crippen LogP contribution in [0, 0.1) is 13.8 Å². The number of fused-ring (bicyclic) bond motifs is 3. The SMILES string of the molecule is Cc1cccc(CN2C(=O)C3C(=Nc4n(CCCn5ccnc5)c(C)c[n+]43)N(C)C2=O)c1. The van der Waals surface area contributed by atoms with Crippen molar-refractivity contribution in [2.24, 2.45) is 4.99 Å². The summed E-state index contributed by atoms with van der Waals surface area (Å²) >= 11 is 0. The number of hydrogen-bond acceptors (Lipinski definition) is 4. The first-order chi connectivity index (χ1) is 15.4. The van der Waals surface area contributed by atoms with Gasteiger partial charge in [0.2, 0.25) is 11.9 Å². The molecule has 1 aromatic carbocycles. The van der Waals surface area contributed by atoms with E-state index in [2.05, 4.69) is 9.55 Å². The second-order valence-electron chi connectivity index (χ2n) is 8.41. The third-order valence-corrected chi connectivity index (χ3v) is 6.10. The Bertz CT molecular complexity index is 1230. The monoisotopic (exact) mass is 432 g/mol. The van der Waals surface area contributed by atoms with Crippen molar-refractivity contribution in [1.82, 2.24) is 23.9 Å². The summed E-state index contributed by atoms with van der Waals surface area (Å²) in [6, 6.07) is 6.91. The number of urea groups is 1. The van der Waals surface area contributed by atoms with Gasteiger partial charge < -0.3 is 4.57 Å². The number of aryl methyl sites for hydroxylation is 3. The lowest BCUT2D eigenvalue weighted by Crippen LogP contribution is -2.62. The number of nitrogens with zero attached hydrogens (tertiary/aromatic N) is 7. The van der Waals surface area contributed by atoms with Crippen LogP contribution in [-0.2, 0) is 24.4 Å². The van der Waals surface area contributed by atoms with E-state index in [0.29, 0.717) is 11.8 Å². The van der Waals surface area contributed by atoms with Gasteiger partial charge in [0, 0.05) is 26.0 Å². The molecule has 164 valence electrons. The van der Waals surface area contributed by atoms with Crippen LogP contribution in [-0.4, -0.2) is 48.7 Å². The molecular formula is C23H26N7O2+. The van der Waals surface area contributed by atoms with Crippen LogP contribution >= 0.6 is 0 Å². The Hall–Kier alpha value is -3.75. The van der Waals surface area contributed by atoms with Crippen molar-refractivity contribution in [3.63, 3.8) is 0 Å². The van der Waals surface area contributed by atoms with E-state index in [1.807, 2.05) is 59.6 Å². The van der Waals surface area contributed by atoms with E-state index >= 15 is 0 Å². The van der Waals surface area contributed by atoms with Gasteiger partial charge in [-0.25, -0.2) is 18.9 Å². The van der Waals surface area contributed by atoms with Crippen LogP contribution in [0.2, 0.25) is 0 Å². The number of imidazole rings is 2. The first kappa shape index (κ1) is 20.2. The summed E-state index contributed by atoms with van der Waals surface area (Å²) < 4.78 is 6.05. The fraction of sp³-hybridized carbons (Fsp3) is 0.348. The van der Waals surface area contributed by atoms with Crippen LogP contribution in [0.4, 0.5) is 10.7 Å². The minimum atomic E-state index is -0.619. The number of aromatic nitrogens is 4. The fourth-order valence-corrected chi connectivity index (χ4v) is 4.48. The molecule has 0 bridgehead atoms. The Morgan fingerprint density at radius 1 is 1.16 bits per heavy atom. The minimum absolute atomic E-state index is 0.243. The van der Waals surface area contributed by atoms with Gasteiger partial charge >= 0.3 is 12.0 Å². The predicted molar refractivity (Wildman–Crippen MR) is 117 cm³/mol. The maximum Gasteiger partial charge on any atom is 0.401 e. The molecule has 5 rings (SSSR count). The quantitative estimate of drug-likeness (QED) is 0.561. The van der Waals surface area contributed by atoms with Crippen molar-refractivity contribution in [1.29, 1.82) is 0 Å². The first-order valence-electron chi connectivity index (χ1n) is 10.7. The molecular weight excluding hydrogens is 406 g/mol. The Balaban J connectivity index is 1.41. The van der Waals surface area contributed by atoms with E-state index in [-0.39, 0.29) is 18.5 Å². The molecule has 0 aliphatic carbocycles. The number of carbonyl (C=O) groups is 2. The average molecular weight is 433 g/mol. The van der Waals surface area contributed by atoms with Crippen LogP contribution in [0.3, 0.4) is 0 Å². The van der Waals surface area contributed by atoms with Crippen LogP contribution < -0.4 is 4.57 Å². The van der Waals surface area contributed by atoms with Gasteiger partial charge in [-0.15, -0.1) is 0 Å². The van der Waals surface area contributed by atoms with E-state index in [9.17, 15) is 9.59 Å². The van der Waals surface area contributed by atoms with Gasteiger partial charge in [0.1, 0.15) is 11.9 Å². The molecule has 0 radical (unpaired) electrons. The van der Waals surface area contributed by atoms with Crippen LogP contribution in [0.5, 0.6) is 0 Å². The molecule has 0 saturated carbocycles. The minimum Gasteiger partial charge on any atom is -0.337 e. The molecule has 32 heavy (non-hydrogen) atoms. The lowest BCUT2D eigenvalue weighted by Gasteiger charge is -2.33. The summed E-state index contributed by atoms with van der Waals surface area (Å²) in [7, 11) is 1.69. The van der Waals surface area contributed by atoms with Gasteiger partial charge in [-0.2, -0.15) is 0 Å². The van der Waals surface area contributed by atoms with E-state index in [4.69, 9.17) is 4.99 Å². The number of likely N-dealkylation sites (N-methyl/N-ethyl adjacent to an activating group) is 1. The predicted octanol–water partition coefficient (Wildman–Crippen LogP) is 2.36. The Morgan fingerprint density at radius 2 is 2.00 bits per heavy atom. The van der Waals surface area contributed by atoms with Crippen molar-refractivity contribution >= 4 is 23.7 Å². The number of hydrogen-bond donors (Lipinski definition) is 0. The number of aliphatic imine (C=N–C) groups is 1. The highest BCUT2D eigenvalue weighted by atomic mass is 16.2. The second-order valence-corrected chi connectivity index (χ2v) is 8.41. The van der Waals surface area contributed by atoms with Crippen molar-refractivity contribution < 1.29 is 14.2 Å². The van der Waals surface area contributed by atoms with Crippen molar-refractivity contribution in [2.75, 3.05) is 7.05 Å². The second kappa shape index (κ2) is 7.74. The zero-order valence-corrected chi connectivity index (χ0v) is 18.5. The Kier molecular flexibility index (Phi) is 4.88. The van der Waals surface area contributed by atoms with E-state index in [0.717, 1.165) is 36.3 Å². The zero-order chi connectivity index (χ0) is 22.4. The molecule has 1 unspecified atom stereocenters. The molecule has 9 nitrogen and oxygen atoms in total. The highest BCUT2D eigenvalue weighted by Crippen LogP contribution is 2.30. The zero-order valence-electron chi connectivity index (χ0n) is 18.5. The highest BCUT2D eigenvalue weighted by molar-refractivity contribution is 6.19. The summed E-state index contributed by atoms with van der Waals surface area (Å²) in [6.07, 6.45) is 8.37. The summed E-state index contributed by atoms with van der Waals surface area (Å²) in [5.74, 6) is 0.949. The van der Waals surface area contributed by atoms with Crippen LogP contribution in [0.15, 0.2) is 54.2 Å². The van der Waals surface area contributed by atoms with Crippen LogP contribution in [0.25, 0.3) is 0 Å². The van der Waals surface area contributed by atoms with Gasteiger partial charge in [-0.1, -0.05) is 34.8 Å². The van der Waals surface area contributed by atoms with Gasteiger partial charge in [0.05, 0.1) is 19.4 Å². The molecule has 1 atom stereocenters. The molecule has 3 amide bonds. The molecule has 1 fully saturated rings. The third-order valence-electron chi connectivity index (χ3n) is 6.10. The number of rotatable bonds is 6. The molecule has 9 heteroatoms. The molecule has 2 aliphatic rings. The summed E-state index contributed by atoms with van der Waals surface area (Å²) in [4.78, 5) is 38.1. The van der Waals surface area contributed by atoms with Crippen molar-refractivity contribution in [3.05, 3.63) is 66.0 Å². The van der Waals surface area contributed by atoms with E-state index in [1.165, 1.54) is 9.80 Å². The topological polar surface area (TPSA) is 79.6 Å². The molecule has 0 N–H and O–H groups in total. The summed E-state index contributed by atoms with van der Waals surface area (Å²) in [5, 5.41) is 0. The molecule has 1 saturated heterocycles. The van der Waals surface area contributed by atoms with Gasteiger partial charge in [0.25, 0.3) is 5.91 Å². The van der Waals surface area contributed by atoms with Crippen molar-refractivity contribution in [3.8, 4) is 0 Å². The molecule has 2 aliphatic heterocycles. The van der Waals surface area contributed by atoms with Gasteiger partial charge in [-0.3, -0.25) is 14.6 Å². The Labute approximate surface area is 186 Å². The molecule has 0 spiro atoms.